The summed E-state index contributed by atoms with van der Waals surface area (Å²) in [5.74, 6) is 0.190. The fourth-order valence-corrected chi connectivity index (χ4v) is 3.32. The summed E-state index contributed by atoms with van der Waals surface area (Å²) in [5.41, 5.74) is 0.885. The number of esters is 1. The van der Waals surface area contributed by atoms with Crippen molar-refractivity contribution in [2.45, 2.75) is 26.4 Å². The molecule has 1 amide bonds. The molecule has 0 saturated heterocycles. The first-order valence-electron chi connectivity index (χ1n) is 10.6. The Kier molecular flexibility index (Phi) is 8.20. The molecule has 0 saturated carbocycles. The van der Waals surface area contributed by atoms with Crippen molar-refractivity contribution in [1.82, 2.24) is 4.90 Å². The zero-order chi connectivity index (χ0) is 23.8. The fraction of sp³-hybridized carbons (Fsp3) is 0.391. The molecule has 1 unspecified atom stereocenters. The van der Waals surface area contributed by atoms with E-state index in [1.165, 1.54) is 23.1 Å². The molecule has 2 aromatic rings. The molecule has 0 radical (unpaired) electrons. The Morgan fingerprint density at radius 2 is 1.94 bits per heavy atom. The molecular formula is C23H26N2O8. The molecule has 3 rings (SSSR count). The van der Waals surface area contributed by atoms with Crippen molar-refractivity contribution in [1.29, 1.82) is 0 Å². The summed E-state index contributed by atoms with van der Waals surface area (Å²) >= 11 is 0. The van der Waals surface area contributed by atoms with Gasteiger partial charge in [0, 0.05) is 25.2 Å². The maximum absolute atomic E-state index is 12.7. The normalized spacial score (nSPS) is 13.6. The van der Waals surface area contributed by atoms with E-state index in [-0.39, 0.29) is 43.0 Å². The lowest BCUT2D eigenvalue weighted by Crippen LogP contribution is -2.41. The monoisotopic (exact) mass is 458 g/mol. The SMILES string of the molecule is CCOC(=O)C(Cc1ccc(OCCN2COc3ccc([N+](=O)[O-])cc3C2=O)cc1)OCC. The maximum Gasteiger partial charge on any atom is 0.335 e. The summed E-state index contributed by atoms with van der Waals surface area (Å²) in [5, 5.41) is 11.0. The largest absolute Gasteiger partial charge is 0.492 e. The summed E-state index contributed by atoms with van der Waals surface area (Å²) in [4.78, 5) is 36.5. The average Bonchev–Trinajstić information content (AvgIpc) is 2.81. The summed E-state index contributed by atoms with van der Waals surface area (Å²) in [6.07, 6.45) is -0.275. The number of benzene rings is 2. The maximum atomic E-state index is 12.7. The number of hydrogen-bond acceptors (Lipinski definition) is 8. The highest BCUT2D eigenvalue weighted by Gasteiger charge is 2.27. The molecule has 0 bridgehead atoms. The molecule has 33 heavy (non-hydrogen) atoms. The number of amides is 1. The van der Waals surface area contributed by atoms with Gasteiger partial charge < -0.3 is 23.8 Å². The van der Waals surface area contributed by atoms with E-state index in [0.717, 1.165) is 5.56 Å². The van der Waals surface area contributed by atoms with E-state index in [9.17, 15) is 19.7 Å². The lowest BCUT2D eigenvalue weighted by atomic mass is 10.1. The first-order valence-corrected chi connectivity index (χ1v) is 10.6. The van der Waals surface area contributed by atoms with Gasteiger partial charge in [0.1, 0.15) is 18.1 Å². The minimum atomic E-state index is -0.662. The first-order chi connectivity index (χ1) is 15.9. The molecule has 1 heterocycles. The molecule has 1 aliphatic heterocycles. The van der Waals surface area contributed by atoms with Gasteiger partial charge in [-0.25, -0.2) is 4.79 Å². The minimum absolute atomic E-state index is 0.0403. The number of hydrogen-bond donors (Lipinski definition) is 0. The Hall–Kier alpha value is -3.66. The van der Waals surface area contributed by atoms with E-state index in [1.807, 2.05) is 19.1 Å². The van der Waals surface area contributed by atoms with Crippen LogP contribution in [0.4, 0.5) is 5.69 Å². The van der Waals surface area contributed by atoms with Crippen LogP contribution in [-0.4, -0.2) is 60.9 Å². The molecule has 1 atom stereocenters. The van der Waals surface area contributed by atoms with Gasteiger partial charge >= 0.3 is 5.97 Å². The fourth-order valence-electron chi connectivity index (χ4n) is 3.32. The van der Waals surface area contributed by atoms with Crippen LogP contribution < -0.4 is 9.47 Å². The van der Waals surface area contributed by atoms with Crippen molar-refractivity contribution >= 4 is 17.6 Å². The standard InChI is InChI=1S/C23H26N2O8/c1-3-30-21(23(27)31-4-2)13-16-5-8-18(9-6-16)32-12-11-24-15-33-20-10-7-17(25(28)29)14-19(20)22(24)26/h5-10,14,21H,3-4,11-13,15H2,1-2H3. The molecule has 176 valence electrons. The molecule has 0 N–H and O–H groups in total. The molecule has 10 nitrogen and oxygen atoms in total. The van der Waals surface area contributed by atoms with Gasteiger partial charge in [-0.2, -0.15) is 0 Å². The lowest BCUT2D eigenvalue weighted by Gasteiger charge is -2.28. The van der Waals surface area contributed by atoms with Gasteiger partial charge in [-0.05, 0) is 37.6 Å². The number of nitro benzene ring substituents is 1. The summed E-state index contributed by atoms with van der Waals surface area (Å²) in [6, 6.07) is 11.2. The van der Waals surface area contributed by atoms with Gasteiger partial charge in [-0.1, -0.05) is 12.1 Å². The van der Waals surface area contributed by atoms with E-state index in [1.54, 1.807) is 19.1 Å². The van der Waals surface area contributed by atoms with E-state index >= 15 is 0 Å². The van der Waals surface area contributed by atoms with Crippen LogP contribution in [0.25, 0.3) is 0 Å². The van der Waals surface area contributed by atoms with Crippen LogP contribution in [0.1, 0.15) is 29.8 Å². The molecule has 0 spiro atoms. The van der Waals surface area contributed by atoms with Crippen LogP contribution in [0.2, 0.25) is 0 Å². The third kappa shape index (κ3) is 6.19. The number of nitrogens with zero attached hydrogens (tertiary/aromatic N) is 2. The highest BCUT2D eigenvalue weighted by Crippen LogP contribution is 2.28. The van der Waals surface area contributed by atoms with Crippen LogP contribution >= 0.6 is 0 Å². The van der Waals surface area contributed by atoms with Crippen LogP contribution in [-0.2, 0) is 20.7 Å². The molecule has 10 heteroatoms. The van der Waals surface area contributed by atoms with Gasteiger partial charge in [-0.15, -0.1) is 0 Å². The second kappa shape index (κ2) is 11.3. The van der Waals surface area contributed by atoms with Crippen LogP contribution in [0.3, 0.4) is 0 Å². The molecular weight excluding hydrogens is 432 g/mol. The van der Waals surface area contributed by atoms with Gasteiger partial charge in [0.25, 0.3) is 11.6 Å². The number of rotatable bonds is 11. The third-order valence-corrected chi connectivity index (χ3v) is 4.96. The van der Waals surface area contributed by atoms with E-state index in [2.05, 4.69) is 0 Å². The number of ether oxygens (including phenoxy) is 4. The van der Waals surface area contributed by atoms with E-state index in [0.29, 0.717) is 31.1 Å². The highest BCUT2D eigenvalue weighted by atomic mass is 16.6. The minimum Gasteiger partial charge on any atom is -0.492 e. The molecule has 1 aliphatic rings. The lowest BCUT2D eigenvalue weighted by molar-refractivity contribution is -0.384. The van der Waals surface area contributed by atoms with Gasteiger partial charge in [-0.3, -0.25) is 14.9 Å². The second-order valence-electron chi connectivity index (χ2n) is 7.17. The average molecular weight is 458 g/mol. The Morgan fingerprint density at radius 1 is 1.18 bits per heavy atom. The number of non-ortho nitro benzene ring substituents is 1. The Balaban J connectivity index is 1.53. The highest BCUT2D eigenvalue weighted by molar-refractivity contribution is 5.98. The molecule has 0 aliphatic carbocycles. The van der Waals surface area contributed by atoms with E-state index in [4.69, 9.17) is 18.9 Å². The topological polar surface area (TPSA) is 117 Å². The predicted octanol–water partition coefficient (Wildman–Crippen LogP) is 2.98. The van der Waals surface area contributed by atoms with Gasteiger partial charge in [0.2, 0.25) is 0 Å². The predicted molar refractivity (Wildman–Crippen MR) is 117 cm³/mol. The summed E-state index contributed by atoms with van der Waals surface area (Å²) in [6.45, 7) is 4.77. The first kappa shape index (κ1) is 24.0. The van der Waals surface area contributed by atoms with Crippen molar-refractivity contribution in [3.05, 3.63) is 63.7 Å². The van der Waals surface area contributed by atoms with Crippen molar-refractivity contribution in [2.75, 3.05) is 33.1 Å². The van der Waals surface area contributed by atoms with Gasteiger partial charge in [0.15, 0.2) is 12.8 Å². The number of carbonyl (C=O) groups excluding carboxylic acids is 2. The summed E-state index contributed by atoms with van der Waals surface area (Å²) < 4.78 is 21.8. The Labute approximate surface area is 191 Å². The number of fused-ring (bicyclic) bond motifs is 1. The van der Waals surface area contributed by atoms with Crippen molar-refractivity contribution in [3.63, 3.8) is 0 Å². The second-order valence-corrected chi connectivity index (χ2v) is 7.17. The van der Waals surface area contributed by atoms with Crippen molar-refractivity contribution in [2.24, 2.45) is 0 Å². The molecule has 2 aromatic carbocycles. The zero-order valence-electron chi connectivity index (χ0n) is 18.5. The van der Waals surface area contributed by atoms with E-state index < -0.39 is 11.0 Å². The van der Waals surface area contributed by atoms with Crippen LogP contribution in [0.5, 0.6) is 11.5 Å². The van der Waals surface area contributed by atoms with Gasteiger partial charge in [0.05, 0.1) is 23.6 Å². The third-order valence-electron chi connectivity index (χ3n) is 4.96. The quantitative estimate of drug-likeness (QED) is 0.287. The molecule has 0 aromatic heterocycles. The summed E-state index contributed by atoms with van der Waals surface area (Å²) in [7, 11) is 0. The van der Waals surface area contributed by atoms with Crippen LogP contribution in [0.15, 0.2) is 42.5 Å². The number of nitro groups is 1. The molecule has 0 fully saturated rings. The zero-order valence-corrected chi connectivity index (χ0v) is 18.5. The Morgan fingerprint density at radius 3 is 2.61 bits per heavy atom. The smallest absolute Gasteiger partial charge is 0.335 e. The van der Waals surface area contributed by atoms with Crippen molar-refractivity contribution < 1.29 is 33.5 Å². The van der Waals surface area contributed by atoms with Crippen LogP contribution in [0, 0.1) is 10.1 Å². The van der Waals surface area contributed by atoms with Crippen molar-refractivity contribution in [3.8, 4) is 11.5 Å². The number of carbonyl (C=O) groups is 2. The Bertz CT molecular complexity index is 992.